The second-order valence-electron chi connectivity index (χ2n) is 5.48. The molecule has 0 aliphatic carbocycles. The molecule has 4 aromatic rings. The zero-order valence-corrected chi connectivity index (χ0v) is 15.5. The van der Waals surface area contributed by atoms with Crippen LogP contribution < -0.4 is 5.56 Å². The quantitative estimate of drug-likeness (QED) is 0.452. The maximum atomic E-state index is 12.6. The lowest BCUT2D eigenvalue weighted by molar-refractivity contribution is 0.583. The van der Waals surface area contributed by atoms with Gasteiger partial charge in [-0.2, -0.15) is 0 Å². The van der Waals surface area contributed by atoms with Crippen LogP contribution in [0.2, 0.25) is 5.02 Å². The first-order valence-electron chi connectivity index (χ1n) is 7.59. The summed E-state index contributed by atoms with van der Waals surface area (Å²) in [6, 6.07) is 11.3. The third kappa shape index (κ3) is 3.25. The van der Waals surface area contributed by atoms with Crippen LogP contribution in [0, 0.1) is 0 Å². The molecule has 4 nitrogen and oxygen atoms in total. The van der Waals surface area contributed by atoms with E-state index in [9.17, 15) is 4.79 Å². The number of thiophene rings is 1. The van der Waals surface area contributed by atoms with E-state index >= 15 is 0 Å². The first-order chi connectivity index (χ1) is 12.1. The molecule has 3 heterocycles. The third-order valence-corrected chi connectivity index (χ3v) is 5.95. The van der Waals surface area contributed by atoms with Crippen LogP contribution in [-0.4, -0.2) is 9.97 Å². The molecular weight excluding hydrogens is 376 g/mol. The van der Waals surface area contributed by atoms with Crippen LogP contribution in [0.3, 0.4) is 0 Å². The minimum Gasteiger partial charge on any atom is -0.464 e. The van der Waals surface area contributed by atoms with E-state index in [1.807, 2.05) is 42.6 Å². The number of aromatic nitrogens is 2. The Morgan fingerprint density at radius 2 is 2.20 bits per heavy atom. The van der Waals surface area contributed by atoms with Gasteiger partial charge in [0, 0.05) is 20.9 Å². The van der Waals surface area contributed by atoms with Crippen LogP contribution in [-0.2, 0) is 0 Å². The van der Waals surface area contributed by atoms with E-state index in [4.69, 9.17) is 16.0 Å². The van der Waals surface area contributed by atoms with Gasteiger partial charge in [0.2, 0.25) is 0 Å². The summed E-state index contributed by atoms with van der Waals surface area (Å²) in [5.41, 5.74) is 0.631. The number of furan rings is 1. The molecule has 0 amide bonds. The van der Waals surface area contributed by atoms with Gasteiger partial charge < -0.3 is 9.40 Å². The van der Waals surface area contributed by atoms with Gasteiger partial charge in [-0.15, -0.1) is 23.1 Å². The lowest BCUT2D eigenvalue weighted by Gasteiger charge is -2.10. The second-order valence-corrected chi connectivity index (χ2v) is 8.18. The number of nitrogens with zero attached hydrogens (tertiary/aromatic N) is 1. The molecule has 0 fully saturated rings. The van der Waals surface area contributed by atoms with Crippen molar-refractivity contribution in [3.8, 4) is 11.3 Å². The minimum absolute atomic E-state index is 0.00951. The number of nitrogens with one attached hydrogen (secondary N) is 1. The van der Waals surface area contributed by atoms with Crippen molar-refractivity contribution in [1.82, 2.24) is 9.97 Å². The van der Waals surface area contributed by atoms with E-state index < -0.39 is 0 Å². The number of aromatic amines is 1. The first kappa shape index (κ1) is 16.4. The van der Waals surface area contributed by atoms with Crippen LogP contribution in [0.5, 0.6) is 0 Å². The maximum Gasteiger partial charge on any atom is 0.260 e. The van der Waals surface area contributed by atoms with E-state index in [1.54, 1.807) is 24.1 Å². The van der Waals surface area contributed by atoms with Crippen molar-refractivity contribution in [2.45, 2.75) is 17.1 Å². The maximum absolute atomic E-state index is 12.6. The van der Waals surface area contributed by atoms with Crippen LogP contribution in [0.1, 0.15) is 18.0 Å². The average Bonchev–Trinajstić information content (AvgIpc) is 3.23. The highest BCUT2D eigenvalue weighted by Crippen LogP contribution is 2.36. The van der Waals surface area contributed by atoms with E-state index in [0.29, 0.717) is 26.8 Å². The smallest absolute Gasteiger partial charge is 0.260 e. The molecule has 0 aliphatic rings. The summed E-state index contributed by atoms with van der Waals surface area (Å²) in [4.78, 5) is 21.9. The molecule has 0 radical (unpaired) electrons. The lowest BCUT2D eigenvalue weighted by Crippen LogP contribution is -2.12. The fraction of sp³-hybridized carbons (Fsp3) is 0.111. The van der Waals surface area contributed by atoms with E-state index in [1.165, 1.54) is 11.3 Å². The van der Waals surface area contributed by atoms with Crippen molar-refractivity contribution < 1.29 is 4.42 Å². The van der Waals surface area contributed by atoms with Crippen molar-refractivity contribution >= 4 is 44.9 Å². The number of rotatable bonds is 4. The predicted molar refractivity (Wildman–Crippen MR) is 104 cm³/mol. The third-order valence-electron chi connectivity index (χ3n) is 3.74. The molecule has 1 unspecified atom stereocenters. The molecule has 4 rings (SSSR count). The Balaban J connectivity index is 1.71. The summed E-state index contributed by atoms with van der Waals surface area (Å²) in [7, 11) is 0. The molecule has 1 atom stereocenters. The summed E-state index contributed by atoms with van der Waals surface area (Å²) in [5.74, 6) is 1.32. The highest BCUT2D eigenvalue weighted by atomic mass is 35.5. The molecule has 3 aromatic heterocycles. The molecular formula is C18H13ClN2O2S2. The Hall–Kier alpha value is -2.02. The van der Waals surface area contributed by atoms with E-state index in [-0.39, 0.29) is 10.8 Å². The van der Waals surface area contributed by atoms with Gasteiger partial charge in [0.05, 0.1) is 16.9 Å². The molecule has 0 saturated heterocycles. The molecule has 0 spiro atoms. The van der Waals surface area contributed by atoms with Gasteiger partial charge in [0.15, 0.2) is 0 Å². The molecule has 0 saturated carbocycles. The Morgan fingerprint density at radius 1 is 1.32 bits per heavy atom. The van der Waals surface area contributed by atoms with Crippen molar-refractivity contribution in [2.24, 2.45) is 0 Å². The standard InChI is InChI=1S/C18H13ClN2O2S2/c1-10(25-12-5-2-4-11(19)8-12)16-20-17(22)15-13(9-24-18(15)21-16)14-6-3-7-23-14/h2-10H,1H3,(H,20,21,22). The van der Waals surface area contributed by atoms with Gasteiger partial charge in [0.25, 0.3) is 5.56 Å². The monoisotopic (exact) mass is 388 g/mol. The number of hydrogen-bond acceptors (Lipinski definition) is 5. The molecule has 7 heteroatoms. The number of hydrogen-bond donors (Lipinski definition) is 1. The molecule has 1 N–H and O–H groups in total. The van der Waals surface area contributed by atoms with Gasteiger partial charge in [-0.05, 0) is 37.3 Å². The molecule has 0 aliphatic heterocycles. The van der Waals surface area contributed by atoms with Gasteiger partial charge in [-0.1, -0.05) is 17.7 Å². The largest absolute Gasteiger partial charge is 0.464 e. The molecule has 1 aromatic carbocycles. The summed E-state index contributed by atoms with van der Waals surface area (Å²) in [6.07, 6.45) is 1.60. The van der Waals surface area contributed by atoms with Crippen molar-refractivity contribution in [3.05, 3.63) is 69.2 Å². The molecule has 0 bridgehead atoms. The van der Waals surface area contributed by atoms with Crippen molar-refractivity contribution in [1.29, 1.82) is 0 Å². The first-order valence-corrected chi connectivity index (χ1v) is 9.73. The molecule has 126 valence electrons. The summed E-state index contributed by atoms with van der Waals surface area (Å²) >= 11 is 9.08. The normalized spacial score (nSPS) is 12.6. The summed E-state index contributed by atoms with van der Waals surface area (Å²) in [5, 5.41) is 3.16. The number of thioether (sulfide) groups is 1. The Morgan fingerprint density at radius 3 is 2.96 bits per heavy atom. The lowest BCUT2D eigenvalue weighted by atomic mass is 10.2. The van der Waals surface area contributed by atoms with Gasteiger partial charge in [-0.3, -0.25) is 4.79 Å². The van der Waals surface area contributed by atoms with Gasteiger partial charge in [0.1, 0.15) is 16.4 Å². The fourth-order valence-corrected chi connectivity index (χ4v) is 4.75. The highest BCUT2D eigenvalue weighted by Gasteiger charge is 2.17. The Bertz CT molecular complexity index is 1090. The molecule has 25 heavy (non-hydrogen) atoms. The number of fused-ring (bicyclic) bond motifs is 1. The highest BCUT2D eigenvalue weighted by molar-refractivity contribution is 7.99. The van der Waals surface area contributed by atoms with Crippen molar-refractivity contribution in [3.63, 3.8) is 0 Å². The van der Waals surface area contributed by atoms with E-state index in [2.05, 4.69) is 9.97 Å². The number of benzene rings is 1. The minimum atomic E-state index is -0.147. The van der Waals surface area contributed by atoms with Gasteiger partial charge in [-0.25, -0.2) is 4.98 Å². The van der Waals surface area contributed by atoms with E-state index in [0.717, 1.165) is 10.5 Å². The van der Waals surface area contributed by atoms with Crippen molar-refractivity contribution in [2.75, 3.05) is 0 Å². The summed E-state index contributed by atoms with van der Waals surface area (Å²) in [6.45, 7) is 2.01. The van der Waals surface area contributed by atoms with Crippen LogP contribution in [0.15, 0.2) is 62.1 Å². The zero-order valence-electron chi connectivity index (χ0n) is 13.2. The fourth-order valence-electron chi connectivity index (χ4n) is 2.57. The van der Waals surface area contributed by atoms with Crippen LogP contribution in [0.25, 0.3) is 21.5 Å². The number of halogens is 1. The topological polar surface area (TPSA) is 58.9 Å². The number of H-pyrrole nitrogens is 1. The predicted octanol–water partition coefficient (Wildman–Crippen LogP) is 5.75. The average molecular weight is 389 g/mol. The summed E-state index contributed by atoms with van der Waals surface area (Å²) < 4.78 is 5.42. The van der Waals surface area contributed by atoms with Gasteiger partial charge >= 0.3 is 0 Å². The second kappa shape index (κ2) is 6.71. The van der Waals surface area contributed by atoms with Crippen LogP contribution in [0.4, 0.5) is 0 Å². The Kier molecular flexibility index (Phi) is 4.41. The Labute approximate surface area is 156 Å². The SMILES string of the molecule is CC(Sc1cccc(Cl)c1)c1nc2scc(-c3ccco3)c2c(=O)[nH]1. The van der Waals surface area contributed by atoms with Crippen LogP contribution >= 0.6 is 34.7 Å². The zero-order chi connectivity index (χ0) is 17.4.